The quantitative estimate of drug-likeness (QED) is 0.423. The number of carboxylic acids is 1. The van der Waals surface area contributed by atoms with E-state index in [9.17, 15) is 29.4 Å². The standard InChI is InChI=1S/C17H16N2O7S/c20-6-10-7-27-16-11(15(23)19(16)12(10)17(24)25)18-14(22)13(26-8-21)9-4-2-1-3-5-9/h1-5,8,11,13,16,20H,6-7H2,(H,18,22)(H,24,25)/t11-,13-,16-/m1/s1. The number of aliphatic carboxylic acids is 1. The molecule has 1 aromatic carbocycles. The Hall–Kier alpha value is -2.85. The fourth-order valence-electron chi connectivity index (χ4n) is 3.01. The van der Waals surface area contributed by atoms with Gasteiger partial charge in [0.15, 0.2) is 0 Å². The van der Waals surface area contributed by atoms with Crippen molar-refractivity contribution in [2.24, 2.45) is 0 Å². The Morgan fingerprint density at radius 1 is 1.37 bits per heavy atom. The van der Waals surface area contributed by atoms with Gasteiger partial charge >= 0.3 is 5.97 Å². The Kier molecular flexibility index (Phi) is 5.47. The van der Waals surface area contributed by atoms with Crippen LogP contribution < -0.4 is 5.32 Å². The van der Waals surface area contributed by atoms with Gasteiger partial charge in [-0.15, -0.1) is 11.8 Å². The predicted octanol–water partition coefficient (Wildman–Crippen LogP) is -0.368. The minimum Gasteiger partial charge on any atom is -0.477 e. The topological polar surface area (TPSA) is 133 Å². The third kappa shape index (κ3) is 3.40. The molecular weight excluding hydrogens is 376 g/mol. The lowest BCUT2D eigenvalue weighted by Crippen LogP contribution is -2.71. The van der Waals surface area contributed by atoms with Crippen LogP contribution in [0.25, 0.3) is 0 Å². The molecule has 3 rings (SSSR count). The number of amides is 2. The van der Waals surface area contributed by atoms with Gasteiger partial charge in [0.1, 0.15) is 17.1 Å². The first-order valence-electron chi connectivity index (χ1n) is 7.94. The molecule has 3 atom stereocenters. The summed E-state index contributed by atoms with van der Waals surface area (Å²) in [5, 5.41) is 20.6. The molecule has 1 saturated heterocycles. The molecule has 0 bridgehead atoms. The smallest absolute Gasteiger partial charge is 0.352 e. The van der Waals surface area contributed by atoms with Gasteiger partial charge in [0.25, 0.3) is 18.3 Å². The summed E-state index contributed by atoms with van der Waals surface area (Å²) in [5.74, 6) is -2.36. The molecule has 9 nitrogen and oxygen atoms in total. The molecule has 0 aliphatic carbocycles. The minimum atomic E-state index is -1.31. The summed E-state index contributed by atoms with van der Waals surface area (Å²) in [7, 11) is 0. The third-order valence-electron chi connectivity index (χ3n) is 4.27. The number of carboxylic acid groups (broad SMARTS) is 1. The molecule has 2 aliphatic heterocycles. The molecular formula is C17H16N2O7S. The number of β-lactam (4-membered cyclic amide) rings is 1. The number of thioether (sulfide) groups is 1. The van der Waals surface area contributed by atoms with Crippen molar-refractivity contribution < 1.29 is 34.1 Å². The van der Waals surface area contributed by atoms with E-state index in [1.165, 1.54) is 11.8 Å². The van der Waals surface area contributed by atoms with Crippen LogP contribution in [0.1, 0.15) is 11.7 Å². The Morgan fingerprint density at radius 2 is 2.07 bits per heavy atom. The Bertz CT molecular complexity index is 811. The van der Waals surface area contributed by atoms with E-state index in [1.807, 2.05) is 0 Å². The summed E-state index contributed by atoms with van der Waals surface area (Å²) >= 11 is 1.24. The molecule has 0 radical (unpaired) electrons. The predicted molar refractivity (Wildman–Crippen MR) is 93.1 cm³/mol. The highest BCUT2D eigenvalue weighted by Gasteiger charge is 2.54. The van der Waals surface area contributed by atoms with E-state index in [4.69, 9.17) is 4.74 Å². The van der Waals surface area contributed by atoms with Crippen LogP contribution >= 0.6 is 11.8 Å². The van der Waals surface area contributed by atoms with Gasteiger partial charge in [-0.05, 0) is 5.57 Å². The zero-order valence-electron chi connectivity index (χ0n) is 13.9. The van der Waals surface area contributed by atoms with Gasteiger partial charge in [-0.2, -0.15) is 0 Å². The van der Waals surface area contributed by atoms with Gasteiger partial charge in [0.2, 0.25) is 6.10 Å². The number of aliphatic hydroxyl groups is 1. The summed E-state index contributed by atoms with van der Waals surface area (Å²) < 4.78 is 4.86. The highest BCUT2D eigenvalue weighted by Crippen LogP contribution is 2.40. The first-order valence-corrected chi connectivity index (χ1v) is 8.99. The molecule has 2 heterocycles. The Morgan fingerprint density at radius 3 is 2.67 bits per heavy atom. The number of ether oxygens (including phenoxy) is 1. The first kappa shape index (κ1) is 18.9. The highest BCUT2D eigenvalue weighted by molar-refractivity contribution is 8.00. The number of rotatable bonds is 7. The summed E-state index contributed by atoms with van der Waals surface area (Å²) in [6, 6.07) is 7.37. The molecule has 10 heteroatoms. The number of nitrogens with one attached hydrogen (secondary N) is 1. The fourth-order valence-corrected chi connectivity index (χ4v) is 4.34. The number of hydrogen-bond acceptors (Lipinski definition) is 7. The second-order valence-electron chi connectivity index (χ2n) is 5.83. The van der Waals surface area contributed by atoms with Crippen LogP contribution in [-0.2, 0) is 23.9 Å². The molecule has 1 fully saturated rings. The van der Waals surface area contributed by atoms with Crippen molar-refractivity contribution in [2.45, 2.75) is 17.5 Å². The van der Waals surface area contributed by atoms with E-state index in [2.05, 4.69) is 5.32 Å². The van der Waals surface area contributed by atoms with E-state index in [0.29, 0.717) is 5.56 Å². The normalized spacial score (nSPS) is 22.4. The maximum Gasteiger partial charge on any atom is 0.352 e. The molecule has 1 aromatic rings. The number of fused-ring (bicyclic) bond motifs is 1. The maximum atomic E-state index is 12.5. The van der Waals surface area contributed by atoms with E-state index < -0.39 is 41.9 Å². The van der Waals surface area contributed by atoms with Crippen molar-refractivity contribution in [2.75, 3.05) is 12.4 Å². The van der Waals surface area contributed by atoms with E-state index in [1.54, 1.807) is 30.3 Å². The average Bonchev–Trinajstić information content (AvgIpc) is 2.69. The Labute approximate surface area is 158 Å². The SMILES string of the molecule is O=CO[C@@H](C(=O)N[C@@H]1C(=O)N2C(C(=O)O)=C(CO)CS[C@H]12)c1ccccc1. The molecule has 2 aliphatic rings. The van der Waals surface area contributed by atoms with Gasteiger partial charge in [-0.1, -0.05) is 30.3 Å². The maximum absolute atomic E-state index is 12.5. The van der Waals surface area contributed by atoms with Crippen LogP contribution in [0.3, 0.4) is 0 Å². The number of aliphatic hydroxyl groups excluding tert-OH is 1. The van der Waals surface area contributed by atoms with Gasteiger partial charge in [-0.25, -0.2) is 4.79 Å². The second kappa shape index (κ2) is 7.80. The summed E-state index contributed by atoms with van der Waals surface area (Å²) in [4.78, 5) is 48.3. The van der Waals surface area contributed by atoms with E-state index in [0.717, 1.165) is 4.90 Å². The van der Waals surface area contributed by atoms with Gasteiger partial charge in [0.05, 0.1) is 6.61 Å². The zero-order chi connectivity index (χ0) is 19.6. The van der Waals surface area contributed by atoms with Crippen LogP contribution in [0.2, 0.25) is 0 Å². The number of carbonyl (C=O) groups excluding carboxylic acids is 3. The van der Waals surface area contributed by atoms with Crippen molar-refractivity contribution in [3.8, 4) is 0 Å². The Balaban J connectivity index is 1.77. The summed E-state index contributed by atoms with van der Waals surface area (Å²) in [6.45, 7) is -0.314. The van der Waals surface area contributed by atoms with Crippen LogP contribution in [-0.4, -0.2) is 63.1 Å². The summed E-state index contributed by atoms with van der Waals surface area (Å²) in [5.41, 5.74) is 0.435. The van der Waals surface area contributed by atoms with Crippen LogP contribution in [0.4, 0.5) is 0 Å². The van der Waals surface area contributed by atoms with Crippen molar-refractivity contribution in [1.82, 2.24) is 10.2 Å². The van der Waals surface area contributed by atoms with Crippen molar-refractivity contribution in [3.05, 3.63) is 47.2 Å². The molecule has 0 spiro atoms. The lowest BCUT2D eigenvalue weighted by atomic mass is 10.0. The van der Waals surface area contributed by atoms with Crippen LogP contribution in [0.15, 0.2) is 41.6 Å². The second-order valence-corrected chi connectivity index (χ2v) is 6.94. The van der Waals surface area contributed by atoms with Gasteiger partial charge < -0.3 is 20.3 Å². The van der Waals surface area contributed by atoms with Crippen molar-refractivity contribution in [1.29, 1.82) is 0 Å². The largest absolute Gasteiger partial charge is 0.477 e. The molecule has 0 aromatic heterocycles. The lowest BCUT2D eigenvalue weighted by Gasteiger charge is -2.49. The van der Waals surface area contributed by atoms with Crippen LogP contribution in [0, 0.1) is 0 Å². The molecule has 142 valence electrons. The van der Waals surface area contributed by atoms with E-state index >= 15 is 0 Å². The highest BCUT2D eigenvalue weighted by atomic mass is 32.2. The molecule has 3 N–H and O–H groups in total. The van der Waals surface area contributed by atoms with Crippen molar-refractivity contribution in [3.63, 3.8) is 0 Å². The van der Waals surface area contributed by atoms with E-state index in [-0.39, 0.29) is 23.5 Å². The molecule has 0 saturated carbocycles. The number of hydrogen-bond donors (Lipinski definition) is 3. The summed E-state index contributed by atoms with van der Waals surface area (Å²) in [6.07, 6.45) is -1.22. The van der Waals surface area contributed by atoms with Crippen LogP contribution in [0.5, 0.6) is 0 Å². The number of carbonyl (C=O) groups is 4. The lowest BCUT2D eigenvalue weighted by molar-refractivity contribution is -0.154. The van der Waals surface area contributed by atoms with Crippen molar-refractivity contribution >= 4 is 36.0 Å². The minimum absolute atomic E-state index is 0.153. The first-order chi connectivity index (χ1) is 13.0. The third-order valence-corrected chi connectivity index (χ3v) is 5.61. The van der Waals surface area contributed by atoms with Gasteiger partial charge in [0, 0.05) is 11.3 Å². The number of benzene rings is 1. The molecule has 27 heavy (non-hydrogen) atoms. The molecule has 0 unspecified atom stereocenters. The van der Waals surface area contributed by atoms with Gasteiger partial charge in [-0.3, -0.25) is 19.3 Å². The fraction of sp³-hybridized carbons (Fsp3) is 0.294. The zero-order valence-corrected chi connectivity index (χ0v) is 14.7. The monoisotopic (exact) mass is 392 g/mol. The molecule has 2 amide bonds. The number of nitrogens with zero attached hydrogens (tertiary/aromatic N) is 1. The average molecular weight is 392 g/mol.